The minimum absolute atomic E-state index is 0. The number of rotatable bonds is 4. The van der Waals surface area contributed by atoms with Gasteiger partial charge < -0.3 is 24.8 Å². The number of halogens is 2. The van der Waals surface area contributed by atoms with Crippen molar-refractivity contribution in [3.05, 3.63) is 130 Å². The molecule has 0 saturated carbocycles. The van der Waals surface area contributed by atoms with Crippen LogP contribution >= 0.6 is 0 Å². The van der Waals surface area contributed by atoms with Gasteiger partial charge in [0.05, 0.1) is 0 Å². The number of hydrogen-bond acceptors (Lipinski definition) is 0. The van der Waals surface area contributed by atoms with Gasteiger partial charge in [0.2, 0.25) is 0 Å². The van der Waals surface area contributed by atoms with Gasteiger partial charge >= 0.3 is 26.2 Å². The van der Waals surface area contributed by atoms with Gasteiger partial charge in [-0.1, -0.05) is 85.6 Å². The van der Waals surface area contributed by atoms with E-state index in [1.54, 1.807) is 0 Å². The average Bonchev–Trinajstić information content (AvgIpc) is 3.25. The van der Waals surface area contributed by atoms with Gasteiger partial charge in [0, 0.05) is 0 Å². The zero-order valence-corrected chi connectivity index (χ0v) is 20.9. The summed E-state index contributed by atoms with van der Waals surface area (Å²) in [6.07, 6.45) is 2.10. The Morgan fingerprint density at radius 3 is 1.17 bits per heavy atom. The van der Waals surface area contributed by atoms with E-state index in [0.29, 0.717) is 0 Å². The van der Waals surface area contributed by atoms with Crippen molar-refractivity contribution in [1.29, 1.82) is 0 Å². The third kappa shape index (κ3) is 9.77. The van der Waals surface area contributed by atoms with Crippen LogP contribution < -0.4 is 24.8 Å². The Labute approximate surface area is 207 Å². The summed E-state index contributed by atoms with van der Waals surface area (Å²) < 4.78 is 0. The van der Waals surface area contributed by atoms with Crippen LogP contribution in [0.2, 0.25) is 0 Å². The molecule has 0 N–H and O–H groups in total. The maximum absolute atomic E-state index is 2.24. The predicted molar refractivity (Wildman–Crippen MR) is 112 cm³/mol. The summed E-state index contributed by atoms with van der Waals surface area (Å²) in [7, 11) is 0. The zero-order chi connectivity index (χ0) is 18.2. The second-order valence-electron chi connectivity index (χ2n) is 6.92. The second-order valence-corrected chi connectivity index (χ2v) is 6.92. The Morgan fingerprint density at radius 1 is 0.552 bits per heavy atom. The van der Waals surface area contributed by atoms with Crippen LogP contribution in [0, 0.1) is 13.8 Å². The fourth-order valence-corrected chi connectivity index (χ4v) is 3.14. The monoisotopic (exact) mass is 498 g/mol. The number of hydrogen-bond donors (Lipinski definition) is 0. The maximum Gasteiger partial charge on any atom is 4.00 e. The normalized spacial score (nSPS) is 9.17. The second kappa shape index (κ2) is 14.6. The molecule has 0 aliphatic heterocycles. The van der Waals surface area contributed by atoms with Crippen molar-refractivity contribution < 1.29 is 51.0 Å². The van der Waals surface area contributed by atoms with E-state index in [1.165, 1.54) is 33.4 Å². The summed E-state index contributed by atoms with van der Waals surface area (Å²) in [5.41, 5.74) is 8.28. The van der Waals surface area contributed by atoms with Gasteiger partial charge in [0.25, 0.3) is 0 Å². The summed E-state index contributed by atoms with van der Waals surface area (Å²) in [5.74, 6) is 0. The number of benzene rings is 2. The summed E-state index contributed by atoms with van der Waals surface area (Å²) in [6.45, 7) is 4.27. The van der Waals surface area contributed by atoms with E-state index in [4.69, 9.17) is 0 Å². The molecule has 0 aromatic heterocycles. The average molecular weight is 501 g/mol. The van der Waals surface area contributed by atoms with E-state index in [1.807, 2.05) is 0 Å². The molecule has 148 valence electrons. The predicted octanol–water partition coefficient (Wildman–Crippen LogP) is 0.615. The first-order valence-electron chi connectivity index (χ1n) is 9.21. The van der Waals surface area contributed by atoms with Crippen molar-refractivity contribution in [3.63, 3.8) is 0 Å². The first-order chi connectivity index (χ1) is 12.7. The molecule has 0 saturated heterocycles. The van der Waals surface area contributed by atoms with E-state index in [0.717, 1.165) is 12.8 Å². The molecule has 0 fully saturated rings. The molecule has 0 heterocycles. The molecule has 0 aliphatic carbocycles. The summed E-state index contributed by atoms with van der Waals surface area (Å²) >= 11 is 0. The standard InChI is InChI=1S/2C13H13.2ClH.Zr/c2*1-11-7-8-13(9-11)10-12-5-3-2-4-6-12;;;/h2*2-9H,10H2,1H3;2*1H;/q2*-1;;;+4/p-2. The van der Waals surface area contributed by atoms with E-state index in [2.05, 4.69) is 111 Å². The van der Waals surface area contributed by atoms with Crippen LogP contribution in [0.25, 0.3) is 0 Å². The quantitative estimate of drug-likeness (QED) is 0.361. The maximum atomic E-state index is 2.24. The van der Waals surface area contributed by atoms with Crippen molar-refractivity contribution in [1.82, 2.24) is 0 Å². The van der Waals surface area contributed by atoms with Gasteiger partial charge in [0.15, 0.2) is 0 Å². The molecule has 0 bridgehead atoms. The molecule has 0 atom stereocenters. The van der Waals surface area contributed by atoms with E-state index in [-0.39, 0.29) is 51.0 Å². The Kier molecular flexibility index (Phi) is 13.9. The molecule has 0 radical (unpaired) electrons. The van der Waals surface area contributed by atoms with Gasteiger partial charge in [-0.3, -0.25) is 0 Å². The topological polar surface area (TPSA) is 0 Å². The Hall–Kier alpha value is -1.40. The minimum atomic E-state index is 0. The molecule has 0 aliphatic rings. The minimum Gasteiger partial charge on any atom is -1.00 e. The zero-order valence-electron chi connectivity index (χ0n) is 16.9. The molecule has 3 heteroatoms. The third-order valence-corrected chi connectivity index (χ3v) is 4.45. The first kappa shape index (κ1) is 27.6. The Balaban J connectivity index is 0.000000490. The fraction of sp³-hybridized carbons (Fsp3) is 0.154. The first-order valence-corrected chi connectivity index (χ1v) is 9.21. The van der Waals surface area contributed by atoms with Gasteiger partial charge in [-0.25, -0.2) is 23.3 Å². The number of aryl methyl sites for hydroxylation is 2. The van der Waals surface area contributed by atoms with E-state index < -0.39 is 0 Å². The molecule has 4 aromatic carbocycles. The molecule has 4 aromatic rings. The molecule has 0 nitrogen and oxygen atoms in total. The fourth-order valence-electron chi connectivity index (χ4n) is 3.14. The van der Waals surface area contributed by atoms with Crippen LogP contribution in [0.15, 0.2) is 97.1 Å². The molecular formula is C26H26Cl2Zr. The Morgan fingerprint density at radius 2 is 0.897 bits per heavy atom. The molecule has 0 spiro atoms. The van der Waals surface area contributed by atoms with Gasteiger partial charge in [0.1, 0.15) is 0 Å². The molecule has 0 unspecified atom stereocenters. The van der Waals surface area contributed by atoms with Crippen LogP contribution in [0.1, 0.15) is 33.4 Å². The van der Waals surface area contributed by atoms with Crippen molar-refractivity contribution in [2.75, 3.05) is 0 Å². The largest absolute Gasteiger partial charge is 4.00 e. The molecular weight excluding hydrogens is 474 g/mol. The van der Waals surface area contributed by atoms with Crippen molar-refractivity contribution in [3.8, 4) is 0 Å². The van der Waals surface area contributed by atoms with Gasteiger partial charge in [-0.2, -0.15) is 35.4 Å². The molecule has 0 amide bonds. The van der Waals surface area contributed by atoms with Crippen LogP contribution in [0.5, 0.6) is 0 Å². The summed E-state index contributed by atoms with van der Waals surface area (Å²) in [6, 6.07) is 34.3. The van der Waals surface area contributed by atoms with Gasteiger partial charge in [-0.05, 0) is 12.8 Å². The van der Waals surface area contributed by atoms with Crippen LogP contribution in [0.4, 0.5) is 0 Å². The third-order valence-electron chi connectivity index (χ3n) is 4.45. The van der Waals surface area contributed by atoms with Crippen LogP contribution in [0.3, 0.4) is 0 Å². The summed E-state index contributed by atoms with van der Waals surface area (Å²) in [4.78, 5) is 0. The van der Waals surface area contributed by atoms with E-state index in [9.17, 15) is 0 Å². The van der Waals surface area contributed by atoms with Crippen molar-refractivity contribution in [2.24, 2.45) is 0 Å². The van der Waals surface area contributed by atoms with Crippen molar-refractivity contribution >= 4 is 0 Å². The Bertz CT molecular complexity index is 830. The van der Waals surface area contributed by atoms with Crippen LogP contribution in [-0.2, 0) is 39.0 Å². The van der Waals surface area contributed by atoms with E-state index >= 15 is 0 Å². The molecule has 4 rings (SSSR count). The molecule has 29 heavy (non-hydrogen) atoms. The smallest absolute Gasteiger partial charge is 1.00 e. The van der Waals surface area contributed by atoms with Gasteiger partial charge in [-0.15, -0.1) is 0 Å². The SMILES string of the molecule is Cc1cc[c-](Cc2ccccc2)c1.Cc1cc[c-](Cc2ccccc2)c1.[Cl-].[Cl-].[Zr+4]. The summed E-state index contributed by atoms with van der Waals surface area (Å²) in [5, 5.41) is 0. The van der Waals surface area contributed by atoms with Crippen LogP contribution in [-0.4, -0.2) is 0 Å². The van der Waals surface area contributed by atoms with Crippen molar-refractivity contribution in [2.45, 2.75) is 26.7 Å².